The van der Waals surface area contributed by atoms with Gasteiger partial charge in [0.2, 0.25) is 0 Å². The summed E-state index contributed by atoms with van der Waals surface area (Å²) in [4.78, 5) is 2.23. The molecule has 4 heteroatoms. The summed E-state index contributed by atoms with van der Waals surface area (Å²) in [5, 5.41) is 13.1. The van der Waals surface area contributed by atoms with Crippen LogP contribution in [-0.4, -0.2) is 12.6 Å². The molecule has 0 bridgehead atoms. The molecule has 104 valence electrons. The van der Waals surface area contributed by atoms with Crippen LogP contribution in [0.4, 0.5) is 5.69 Å². The number of thiophene rings is 1. The number of nitrogens with two attached hydrogens (primary N) is 1. The summed E-state index contributed by atoms with van der Waals surface area (Å²) >= 11 is 1.67. The van der Waals surface area contributed by atoms with Crippen molar-refractivity contribution in [1.29, 1.82) is 5.26 Å². The number of hydrogen-bond acceptors (Lipinski definition) is 4. The Morgan fingerprint density at radius 3 is 2.60 bits per heavy atom. The highest BCUT2D eigenvalue weighted by molar-refractivity contribution is 7.08. The van der Waals surface area contributed by atoms with Crippen LogP contribution in [-0.2, 0) is 0 Å². The normalized spacial score (nSPS) is 13.4. The van der Waals surface area contributed by atoms with E-state index in [9.17, 15) is 0 Å². The monoisotopic (exact) mass is 285 g/mol. The zero-order chi connectivity index (χ0) is 14.4. The van der Waals surface area contributed by atoms with E-state index in [0.717, 1.165) is 5.69 Å². The van der Waals surface area contributed by atoms with Crippen LogP contribution in [0.3, 0.4) is 0 Å². The van der Waals surface area contributed by atoms with Crippen molar-refractivity contribution in [1.82, 2.24) is 0 Å². The third kappa shape index (κ3) is 3.38. The standard InChI is InChI=1S/C16H19N3S/c1-13(18)16(14-8-11-20-12-14)19(10-5-9-17)15-6-3-2-4-7-15/h2-4,6-8,11-13,16H,5,10,18H2,1H3. The molecule has 0 aliphatic heterocycles. The lowest BCUT2D eigenvalue weighted by Gasteiger charge is -2.35. The van der Waals surface area contributed by atoms with E-state index >= 15 is 0 Å². The van der Waals surface area contributed by atoms with Crippen LogP contribution in [0.2, 0.25) is 0 Å². The van der Waals surface area contributed by atoms with E-state index in [1.165, 1.54) is 5.56 Å². The molecule has 1 heterocycles. The third-order valence-corrected chi connectivity index (χ3v) is 3.97. The van der Waals surface area contributed by atoms with Gasteiger partial charge in [0.05, 0.1) is 18.5 Å². The first kappa shape index (κ1) is 14.6. The fraction of sp³-hybridized carbons (Fsp3) is 0.312. The number of anilines is 1. The number of nitriles is 1. The number of rotatable bonds is 6. The van der Waals surface area contributed by atoms with Gasteiger partial charge in [0, 0.05) is 18.3 Å². The average Bonchev–Trinajstić information content (AvgIpc) is 2.97. The molecule has 0 aliphatic rings. The molecule has 2 aromatic rings. The van der Waals surface area contributed by atoms with Crippen LogP contribution in [0.25, 0.3) is 0 Å². The van der Waals surface area contributed by atoms with Gasteiger partial charge in [0.25, 0.3) is 0 Å². The predicted octanol–water partition coefficient (Wildman–Crippen LogP) is 3.56. The highest BCUT2D eigenvalue weighted by Gasteiger charge is 2.24. The minimum Gasteiger partial charge on any atom is -0.362 e. The molecule has 0 amide bonds. The van der Waals surface area contributed by atoms with E-state index in [-0.39, 0.29) is 12.1 Å². The van der Waals surface area contributed by atoms with E-state index in [4.69, 9.17) is 11.0 Å². The van der Waals surface area contributed by atoms with Gasteiger partial charge < -0.3 is 10.6 Å². The Bertz CT molecular complexity index is 543. The fourth-order valence-electron chi connectivity index (χ4n) is 2.43. The molecule has 3 nitrogen and oxygen atoms in total. The van der Waals surface area contributed by atoms with Gasteiger partial charge in [-0.25, -0.2) is 0 Å². The van der Waals surface area contributed by atoms with Crippen LogP contribution in [0, 0.1) is 11.3 Å². The van der Waals surface area contributed by atoms with Crippen molar-refractivity contribution in [2.75, 3.05) is 11.4 Å². The molecule has 2 unspecified atom stereocenters. The maximum Gasteiger partial charge on any atom is 0.0699 e. The zero-order valence-electron chi connectivity index (χ0n) is 11.6. The molecule has 0 spiro atoms. The Balaban J connectivity index is 2.35. The number of benzene rings is 1. The van der Waals surface area contributed by atoms with Gasteiger partial charge in [-0.1, -0.05) is 18.2 Å². The molecule has 2 N–H and O–H groups in total. The van der Waals surface area contributed by atoms with Crippen LogP contribution < -0.4 is 10.6 Å². The smallest absolute Gasteiger partial charge is 0.0699 e. The highest BCUT2D eigenvalue weighted by Crippen LogP contribution is 2.30. The summed E-state index contributed by atoms with van der Waals surface area (Å²) in [5.74, 6) is 0. The van der Waals surface area contributed by atoms with Crippen LogP contribution in [0.1, 0.15) is 24.9 Å². The molecule has 1 aromatic heterocycles. The minimum atomic E-state index is -0.0106. The van der Waals surface area contributed by atoms with Gasteiger partial charge in [0.15, 0.2) is 0 Å². The second-order valence-corrected chi connectivity index (χ2v) is 5.58. The average molecular weight is 285 g/mol. The topological polar surface area (TPSA) is 53.0 Å². The van der Waals surface area contributed by atoms with E-state index in [2.05, 4.69) is 39.9 Å². The molecule has 20 heavy (non-hydrogen) atoms. The molecule has 0 aliphatic carbocycles. The first-order valence-corrected chi connectivity index (χ1v) is 7.64. The van der Waals surface area contributed by atoms with Crippen molar-refractivity contribution in [3.63, 3.8) is 0 Å². The molecule has 2 rings (SSSR count). The van der Waals surface area contributed by atoms with Crippen LogP contribution in [0.15, 0.2) is 47.2 Å². The maximum atomic E-state index is 8.91. The van der Waals surface area contributed by atoms with Gasteiger partial charge in [-0.3, -0.25) is 0 Å². The molecule has 0 saturated heterocycles. The minimum absolute atomic E-state index is 0.0106. The third-order valence-electron chi connectivity index (χ3n) is 3.27. The Morgan fingerprint density at radius 1 is 1.30 bits per heavy atom. The summed E-state index contributed by atoms with van der Waals surface area (Å²) in [7, 11) is 0. The summed E-state index contributed by atoms with van der Waals surface area (Å²) < 4.78 is 0. The number of para-hydroxylation sites is 1. The number of hydrogen-bond donors (Lipinski definition) is 1. The van der Waals surface area contributed by atoms with Gasteiger partial charge in [-0.2, -0.15) is 16.6 Å². The van der Waals surface area contributed by atoms with Gasteiger partial charge in [-0.05, 0) is 41.4 Å². The van der Waals surface area contributed by atoms with Gasteiger partial charge >= 0.3 is 0 Å². The molecular formula is C16H19N3S. The van der Waals surface area contributed by atoms with Gasteiger partial charge in [0.1, 0.15) is 0 Å². The van der Waals surface area contributed by atoms with Gasteiger partial charge in [-0.15, -0.1) is 0 Å². The number of nitrogens with zero attached hydrogens (tertiary/aromatic N) is 2. The first-order valence-electron chi connectivity index (χ1n) is 6.70. The summed E-state index contributed by atoms with van der Waals surface area (Å²) in [5.41, 5.74) is 8.54. The molecular weight excluding hydrogens is 266 g/mol. The lowest BCUT2D eigenvalue weighted by Crippen LogP contribution is -2.40. The zero-order valence-corrected chi connectivity index (χ0v) is 12.4. The highest BCUT2D eigenvalue weighted by atomic mass is 32.1. The predicted molar refractivity (Wildman–Crippen MR) is 84.7 cm³/mol. The second kappa shape index (κ2) is 7.09. The summed E-state index contributed by atoms with van der Waals surface area (Å²) in [6, 6.07) is 14.6. The molecule has 0 radical (unpaired) electrons. The fourth-order valence-corrected chi connectivity index (χ4v) is 3.12. The molecule has 0 saturated carbocycles. The van der Waals surface area contributed by atoms with Crippen LogP contribution in [0.5, 0.6) is 0 Å². The largest absolute Gasteiger partial charge is 0.362 e. The van der Waals surface area contributed by atoms with E-state index < -0.39 is 0 Å². The van der Waals surface area contributed by atoms with Crippen molar-refractivity contribution >= 4 is 17.0 Å². The maximum absolute atomic E-state index is 8.91. The van der Waals surface area contributed by atoms with Crippen molar-refractivity contribution < 1.29 is 0 Å². The Morgan fingerprint density at radius 2 is 2.05 bits per heavy atom. The molecule has 2 atom stereocenters. The Hall–Kier alpha value is -1.83. The summed E-state index contributed by atoms with van der Waals surface area (Å²) in [6.45, 7) is 2.70. The van der Waals surface area contributed by atoms with Crippen molar-refractivity contribution in [2.24, 2.45) is 5.73 Å². The van der Waals surface area contributed by atoms with Crippen molar-refractivity contribution in [3.05, 3.63) is 52.7 Å². The lowest BCUT2D eigenvalue weighted by atomic mass is 10.0. The van der Waals surface area contributed by atoms with E-state index in [1.807, 2.05) is 25.1 Å². The summed E-state index contributed by atoms with van der Waals surface area (Å²) in [6.07, 6.45) is 0.488. The quantitative estimate of drug-likeness (QED) is 0.883. The van der Waals surface area contributed by atoms with Crippen molar-refractivity contribution in [3.8, 4) is 6.07 Å². The second-order valence-electron chi connectivity index (χ2n) is 4.80. The SMILES string of the molecule is CC(N)C(c1ccsc1)N(CCC#N)c1ccccc1. The molecule has 0 fully saturated rings. The first-order chi connectivity index (χ1) is 9.74. The Kier molecular flexibility index (Phi) is 5.16. The lowest BCUT2D eigenvalue weighted by molar-refractivity contribution is 0.533. The Labute approximate surface area is 124 Å². The van der Waals surface area contributed by atoms with E-state index in [1.54, 1.807) is 11.3 Å². The van der Waals surface area contributed by atoms with E-state index in [0.29, 0.717) is 13.0 Å². The van der Waals surface area contributed by atoms with Crippen molar-refractivity contribution in [2.45, 2.75) is 25.4 Å². The molecule has 1 aromatic carbocycles. The van der Waals surface area contributed by atoms with Crippen LogP contribution >= 0.6 is 11.3 Å².